The second-order valence-corrected chi connectivity index (χ2v) is 13.3. The predicted molar refractivity (Wildman–Crippen MR) is 195 cm³/mol. The maximum atomic E-state index is 14.1. The largest absolute Gasteiger partial charge is 0.465 e. The van der Waals surface area contributed by atoms with Gasteiger partial charge in [0.15, 0.2) is 0 Å². The molecule has 2 aromatic heterocycles. The van der Waals surface area contributed by atoms with E-state index in [2.05, 4.69) is 32.0 Å². The zero-order chi connectivity index (χ0) is 36.4. The number of hydrogen-bond donors (Lipinski definition) is 3. The van der Waals surface area contributed by atoms with Crippen molar-refractivity contribution in [2.24, 2.45) is 0 Å². The van der Waals surface area contributed by atoms with Crippen LogP contribution in [0.25, 0.3) is 10.9 Å². The molecular weight excluding hydrogens is 709 g/mol. The predicted octanol–water partition coefficient (Wildman–Crippen LogP) is 9.15. The summed E-state index contributed by atoms with van der Waals surface area (Å²) in [6.07, 6.45) is 3.94. The molecule has 262 valence electrons. The van der Waals surface area contributed by atoms with Crippen LogP contribution in [0.5, 0.6) is 0 Å². The first kappa shape index (κ1) is 34.7. The summed E-state index contributed by atoms with van der Waals surface area (Å²) in [6, 6.07) is 24.6. The van der Waals surface area contributed by atoms with Gasteiger partial charge in [-0.1, -0.05) is 70.9 Å². The summed E-state index contributed by atoms with van der Waals surface area (Å²) >= 11 is 12.8. The average Bonchev–Trinajstić information content (AvgIpc) is 3.63. The van der Waals surface area contributed by atoms with Crippen LogP contribution < -0.4 is 10.6 Å². The van der Waals surface area contributed by atoms with Crippen LogP contribution in [-0.2, 0) is 6.42 Å². The van der Waals surface area contributed by atoms with E-state index in [1.165, 1.54) is 41.4 Å². The molecule has 0 aliphatic carbocycles. The number of anilines is 3. The second kappa shape index (κ2) is 14.8. The van der Waals surface area contributed by atoms with Gasteiger partial charge in [0, 0.05) is 35.5 Å². The lowest BCUT2D eigenvalue weighted by molar-refractivity contribution is 0.0887. The third-order valence-corrected chi connectivity index (χ3v) is 9.77. The number of halogens is 4. The number of carboxylic acid groups (broad SMARTS) is 1. The fourth-order valence-electron chi connectivity index (χ4n) is 6.63. The zero-order valence-electron chi connectivity index (χ0n) is 27.3. The van der Waals surface area contributed by atoms with Gasteiger partial charge >= 0.3 is 6.09 Å². The Kier molecular flexibility index (Phi) is 9.89. The van der Waals surface area contributed by atoms with Crippen molar-refractivity contribution in [3.63, 3.8) is 0 Å². The summed E-state index contributed by atoms with van der Waals surface area (Å²) in [5.74, 6) is -0.982. The molecule has 1 saturated heterocycles. The van der Waals surface area contributed by atoms with Gasteiger partial charge in [-0.2, -0.15) is 5.26 Å². The summed E-state index contributed by atoms with van der Waals surface area (Å²) in [5, 5.41) is 36.3. The number of hydrogen-bond acceptors (Lipinski definition) is 7. The molecule has 3 atom stereocenters. The van der Waals surface area contributed by atoms with E-state index in [9.17, 15) is 23.9 Å². The Morgan fingerprint density at radius 1 is 1.02 bits per heavy atom. The van der Waals surface area contributed by atoms with Crippen LogP contribution in [0.15, 0.2) is 97.3 Å². The highest BCUT2D eigenvalue weighted by atomic mass is 35.5. The van der Waals surface area contributed by atoms with E-state index in [0.717, 1.165) is 5.56 Å². The highest BCUT2D eigenvalue weighted by Crippen LogP contribution is 2.38. The molecular formula is C38H30Cl2F2N8O2. The molecule has 0 saturated carbocycles. The molecule has 10 nitrogen and oxygen atoms in total. The van der Waals surface area contributed by atoms with E-state index in [0.29, 0.717) is 70.1 Å². The van der Waals surface area contributed by atoms with Gasteiger partial charge in [0.1, 0.15) is 23.4 Å². The zero-order valence-corrected chi connectivity index (χ0v) is 28.9. The number of aromatic nitrogens is 4. The van der Waals surface area contributed by atoms with Crippen molar-refractivity contribution in [1.82, 2.24) is 24.9 Å². The lowest BCUT2D eigenvalue weighted by Gasteiger charge is -2.37. The van der Waals surface area contributed by atoms with Crippen molar-refractivity contribution in [2.45, 2.75) is 37.4 Å². The van der Waals surface area contributed by atoms with Crippen molar-refractivity contribution in [3.05, 3.63) is 141 Å². The fourth-order valence-corrected chi connectivity index (χ4v) is 7.08. The minimum absolute atomic E-state index is 0.0865. The molecule has 1 aliphatic heterocycles. The van der Waals surface area contributed by atoms with Crippen LogP contribution in [0.3, 0.4) is 0 Å². The van der Waals surface area contributed by atoms with Crippen LogP contribution in [0, 0.1) is 23.0 Å². The van der Waals surface area contributed by atoms with E-state index < -0.39 is 23.8 Å². The summed E-state index contributed by atoms with van der Waals surface area (Å²) in [7, 11) is 0. The first-order valence-electron chi connectivity index (χ1n) is 16.4. The molecule has 4 aromatic carbocycles. The fraction of sp³-hybridized carbons (Fsp3) is 0.184. The van der Waals surface area contributed by atoms with Gasteiger partial charge in [0.05, 0.1) is 45.1 Å². The van der Waals surface area contributed by atoms with Crippen LogP contribution in [-0.4, -0.2) is 48.7 Å². The molecule has 1 aliphatic rings. The van der Waals surface area contributed by atoms with E-state index in [1.54, 1.807) is 28.9 Å². The van der Waals surface area contributed by atoms with Gasteiger partial charge in [-0.05, 0) is 72.9 Å². The molecule has 3 unspecified atom stereocenters. The van der Waals surface area contributed by atoms with Crippen molar-refractivity contribution in [2.75, 3.05) is 17.2 Å². The Labute approximate surface area is 307 Å². The lowest BCUT2D eigenvalue weighted by Crippen LogP contribution is -2.47. The third kappa shape index (κ3) is 7.32. The number of piperidine rings is 1. The van der Waals surface area contributed by atoms with Gasteiger partial charge in [0.2, 0.25) is 0 Å². The third-order valence-electron chi connectivity index (χ3n) is 9.19. The number of rotatable bonds is 9. The van der Waals surface area contributed by atoms with E-state index in [-0.39, 0.29) is 22.7 Å². The van der Waals surface area contributed by atoms with Gasteiger partial charge in [0.25, 0.3) is 0 Å². The molecule has 1 fully saturated rings. The molecule has 52 heavy (non-hydrogen) atoms. The summed E-state index contributed by atoms with van der Waals surface area (Å²) in [4.78, 5) is 18.0. The molecule has 0 radical (unpaired) electrons. The topological polar surface area (TPSA) is 132 Å². The first-order valence-corrected chi connectivity index (χ1v) is 17.1. The number of amides is 1. The molecule has 0 spiro atoms. The minimum Gasteiger partial charge on any atom is -0.465 e. The standard InChI is InChI=1S/C38H30Cl2F2N8O2/c39-31-16-26(10-11-33(31)42)45-35-24(19-43)20-44-37-30(35)15-27(17-32(37)40)46-36(23-6-8-25(41)9-7-23)34-21-50(48-47-34)28-12-13-49(38(51)52)29(18-28)14-22-4-2-1-3-5-22/h1-11,15-17,20-21,28-29,36,46H,12-14,18H2,(H,44,45)(H,51,52). The van der Waals surface area contributed by atoms with Crippen molar-refractivity contribution in [1.29, 1.82) is 5.26 Å². The SMILES string of the molecule is N#Cc1cnc2c(Cl)cc(NC(c3ccc(F)cc3)c3cn(C4CCN(C(=O)O)C(Cc5ccccc5)C4)nn3)cc2c1Nc1ccc(F)c(Cl)c1. The lowest BCUT2D eigenvalue weighted by atomic mass is 9.92. The Bertz CT molecular complexity index is 2300. The number of carbonyl (C=O) groups is 1. The van der Waals surface area contributed by atoms with E-state index in [1.807, 2.05) is 36.5 Å². The Morgan fingerprint density at radius 2 is 1.79 bits per heavy atom. The van der Waals surface area contributed by atoms with Crippen molar-refractivity contribution >= 4 is 57.3 Å². The second-order valence-electron chi connectivity index (χ2n) is 12.5. The van der Waals surface area contributed by atoms with Crippen molar-refractivity contribution < 1.29 is 18.7 Å². The Hall–Kier alpha value is -5.77. The Balaban J connectivity index is 1.22. The maximum absolute atomic E-state index is 14.1. The van der Waals surface area contributed by atoms with E-state index >= 15 is 0 Å². The number of nitrogens with zero attached hydrogens (tertiary/aromatic N) is 6. The number of benzene rings is 4. The molecule has 3 N–H and O–H groups in total. The molecule has 3 heterocycles. The van der Waals surface area contributed by atoms with Crippen LogP contribution in [0.4, 0.5) is 30.6 Å². The molecule has 0 bridgehead atoms. The van der Waals surface area contributed by atoms with Gasteiger partial charge in [-0.3, -0.25) is 4.98 Å². The highest BCUT2D eigenvalue weighted by molar-refractivity contribution is 6.36. The summed E-state index contributed by atoms with van der Waals surface area (Å²) in [5.41, 5.74) is 4.29. The number of nitriles is 1. The summed E-state index contributed by atoms with van der Waals surface area (Å²) < 4.78 is 29.8. The van der Waals surface area contributed by atoms with Crippen LogP contribution in [0.1, 0.15) is 47.3 Å². The normalized spacial score (nSPS) is 16.3. The molecule has 6 aromatic rings. The molecule has 14 heteroatoms. The van der Waals surface area contributed by atoms with Gasteiger partial charge < -0.3 is 20.6 Å². The quantitative estimate of drug-likeness (QED) is 0.134. The average molecular weight is 740 g/mol. The van der Waals surface area contributed by atoms with Crippen LogP contribution in [0.2, 0.25) is 10.0 Å². The van der Waals surface area contributed by atoms with Gasteiger partial charge in [-0.15, -0.1) is 5.10 Å². The number of fused-ring (bicyclic) bond motifs is 1. The Morgan fingerprint density at radius 3 is 2.52 bits per heavy atom. The molecule has 7 rings (SSSR count). The van der Waals surface area contributed by atoms with Crippen molar-refractivity contribution in [3.8, 4) is 6.07 Å². The number of likely N-dealkylation sites (tertiary alicyclic amines) is 1. The van der Waals surface area contributed by atoms with Gasteiger partial charge in [-0.25, -0.2) is 18.3 Å². The smallest absolute Gasteiger partial charge is 0.407 e. The van der Waals surface area contributed by atoms with E-state index in [4.69, 9.17) is 23.2 Å². The monoisotopic (exact) mass is 738 g/mol. The van der Waals surface area contributed by atoms with Crippen LogP contribution >= 0.6 is 23.2 Å². The minimum atomic E-state index is -0.954. The highest BCUT2D eigenvalue weighted by Gasteiger charge is 2.33. The number of pyridine rings is 1. The first-order chi connectivity index (χ1) is 25.2. The maximum Gasteiger partial charge on any atom is 0.407 e. The number of nitrogens with one attached hydrogen (secondary N) is 2. The summed E-state index contributed by atoms with van der Waals surface area (Å²) in [6.45, 7) is 0.348. The molecule has 1 amide bonds.